The normalized spacial score (nSPS) is 22.9. The monoisotopic (exact) mass is 378 g/mol. The highest BCUT2D eigenvalue weighted by Gasteiger charge is 2.30. The minimum absolute atomic E-state index is 0.0317. The lowest BCUT2D eigenvalue weighted by Crippen LogP contribution is -2.40. The van der Waals surface area contributed by atoms with Crippen molar-refractivity contribution in [2.75, 3.05) is 18.5 Å². The Hall–Kier alpha value is -2.06. The van der Waals surface area contributed by atoms with Gasteiger partial charge in [-0.2, -0.15) is 0 Å². The van der Waals surface area contributed by atoms with E-state index >= 15 is 0 Å². The molecule has 1 saturated heterocycles. The molecule has 3 atom stereocenters. The Bertz CT molecular complexity index is 690. The van der Waals surface area contributed by atoms with Crippen molar-refractivity contribution in [2.45, 2.75) is 48.5 Å². The summed E-state index contributed by atoms with van der Waals surface area (Å²) >= 11 is 1.33. The number of nitrogens with one attached hydrogen (secondary N) is 2. The van der Waals surface area contributed by atoms with E-state index in [4.69, 9.17) is 9.47 Å². The van der Waals surface area contributed by atoms with E-state index < -0.39 is 17.3 Å². The SMILES string of the molecule is CC(OC(=O)CC1Sc2ccccc2NC1=O)C(=O)NCC1CCCO1. The van der Waals surface area contributed by atoms with Crippen LogP contribution < -0.4 is 10.6 Å². The van der Waals surface area contributed by atoms with Gasteiger partial charge in [0.25, 0.3) is 5.91 Å². The lowest BCUT2D eigenvalue weighted by atomic mass is 10.2. The fraction of sp³-hybridized carbons (Fsp3) is 0.500. The number of thioether (sulfide) groups is 1. The molecule has 0 aliphatic carbocycles. The quantitative estimate of drug-likeness (QED) is 0.732. The van der Waals surface area contributed by atoms with Crippen molar-refractivity contribution in [1.82, 2.24) is 5.32 Å². The van der Waals surface area contributed by atoms with Crippen LogP contribution in [0.5, 0.6) is 0 Å². The van der Waals surface area contributed by atoms with Crippen LogP contribution in [-0.2, 0) is 23.9 Å². The van der Waals surface area contributed by atoms with Gasteiger partial charge in [-0.3, -0.25) is 14.4 Å². The van der Waals surface area contributed by atoms with Crippen molar-refractivity contribution >= 4 is 35.2 Å². The van der Waals surface area contributed by atoms with Crippen molar-refractivity contribution in [3.63, 3.8) is 0 Å². The molecule has 0 bridgehead atoms. The molecule has 0 saturated carbocycles. The summed E-state index contributed by atoms with van der Waals surface area (Å²) in [6.07, 6.45) is 0.949. The first kappa shape index (κ1) is 18.7. The number of anilines is 1. The molecule has 8 heteroatoms. The number of carbonyl (C=O) groups is 3. The predicted octanol–water partition coefficient (Wildman–Crippen LogP) is 1.72. The summed E-state index contributed by atoms with van der Waals surface area (Å²) in [6.45, 7) is 2.65. The maximum absolute atomic E-state index is 12.1. The Morgan fingerprint density at radius 2 is 2.23 bits per heavy atom. The second-order valence-corrected chi connectivity index (χ2v) is 7.55. The molecule has 26 heavy (non-hydrogen) atoms. The average molecular weight is 378 g/mol. The second-order valence-electron chi connectivity index (χ2n) is 6.31. The molecule has 1 aromatic carbocycles. The number of benzene rings is 1. The molecule has 2 heterocycles. The second kappa shape index (κ2) is 8.55. The maximum Gasteiger partial charge on any atom is 0.308 e. The highest BCUT2D eigenvalue weighted by atomic mass is 32.2. The van der Waals surface area contributed by atoms with E-state index in [9.17, 15) is 14.4 Å². The number of amides is 2. The Balaban J connectivity index is 1.45. The summed E-state index contributed by atoms with van der Waals surface area (Å²) in [6, 6.07) is 7.42. The van der Waals surface area contributed by atoms with Crippen LogP contribution in [0.25, 0.3) is 0 Å². The number of hydrogen-bond acceptors (Lipinski definition) is 6. The van der Waals surface area contributed by atoms with Crippen molar-refractivity contribution in [3.8, 4) is 0 Å². The Morgan fingerprint density at radius 1 is 1.42 bits per heavy atom. The van der Waals surface area contributed by atoms with E-state index in [1.807, 2.05) is 24.3 Å². The molecular formula is C18H22N2O5S. The number of carbonyl (C=O) groups excluding carboxylic acids is 3. The third-order valence-electron chi connectivity index (χ3n) is 4.26. The first-order chi connectivity index (χ1) is 12.5. The molecule has 0 aromatic heterocycles. The zero-order valence-electron chi connectivity index (χ0n) is 14.5. The first-order valence-electron chi connectivity index (χ1n) is 8.68. The highest BCUT2D eigenvalue weighted by molar-refractivity contribution is 8.01. The summed E-state index contributed by atoms with van der Waals surface area (Å²) < 4.78 is 10.6. The van der Waals surface area contributed by atoms with Gasteiger partial charge in [0.15, 0.2) is 6.10 Å². The van der Waals surface area contributed by atoms with E-state index in [0.29, 0.717) is 6.54 Å². The summed E-state index contributed by atoms with van der Waals surface area (Å²) in [4.78, 5) is 37.2. The molecule has 2 amide bonds. The van der Waals surface area contributed by atoms with Gasteiger partial charge in [0.05, 0.1) is 23.5 Å². The van der Waals surface area contributed by atoms with Gasteiger partial charge < -0.3 is 20.1 Å². The average Bonchev–Trinajstić information content (AvgIpc) is 3.13. The fourth-order valence-electron chi connectivity index (χ4n) is 2.84. The van der Waals surface area contributed by atoms with Gasteiger partial charge in [-0.15, -0.1) is 11.8 Å². The molecule has 3 rings (SSSR count). The van der Waals surface area contributed by atoms with Crippen LogP contribution in [0, 0.1) is 0 Å². The highest BCUT2D eigenvalue weighted by Crippen LogP contribution is 2.36. The number of fused-ring (bicyclic) bond motifs is 1. The van der Waals surface area contributed by atoms with Crippen molar-refractivity contribution in [2.24, 2.45) is 0 Å². The standard InChI is InChI=1S/C18H22N2O5S/c1-11(17(22)19-10-12-5-4-8-24-12)25-16(21)9-15-18(23)20-13-6-2-3-7-14(13)26-15/h2-3,6-7,11-12,15H,4-5,8-10H2,1H3,(H,19,22)(H,20,23). The van der Waals surface area contributed by atoms with Gasteiger partial charge in [0.2, 0.25) is 5.91 Å². The lowest BCUT2D eigenvalue weighted by molar-refractivity contribution is -0.155. The topological polar surface area (TPSA) is 93.7 Å². The van der Waals surface area contributed by atoms with Crippen LogP contribution in [0.1, 0.15) is 26.2 Å². The molecule has 2 aliphatic heterocycles. The van der Waals surface area contributed by atoms with Gasteiger partial charge >= 0.3 is 5.97 Å². The fourth-order valence-corrected chi connectivity index (χ4v) is 3.94. The molecule has 7 nitrogen and oxygen atoms in total. The smallest absolute Gasteiger partial charge is 0.308 e. The number of ether oxygens (including phenoxy) is 2. The van der Waals surface area contributed by atoms with E-state index in [0.717, 1.165) is 30.0 Å². The van der Waals surface area contributed by atoms with E-state index in [2.05, 4.69) is 10.6 Å². The number of para-hydroxylation sites is 1. The van der Waals surface area contributed by atoms with Crippen molar-refractivity contribution in [1.29, 1.82) is 0 Å². The van der Waals surface area contributed by atoms with Crippen LogP contribution >= 0.6 is 11.8 Å². The first-order valence-corrected chi connectivity index (χ1v) is 9.56. The molecule has 0 spiro atoms. The molecule has 2 aliphatic rings. The number of rotatable bonds is 6. The number of hydrogen-bond donors (Lipinski definition) is 2. The van der Waals surface area contributed by atoms with Crippen LogP contribution in [0.15, 0.2) is 29.2 Å². The van der Waals surface area contributed by atoms with Crippen LogP contribution in [-0.4, -0.2) is 48.4 Å². The van der Waals surface area contributed by atoms with Gasteiger partial charge in [-0.25, -0.2) is 0 Å². The number of esters is 1. The third-order valence-corrected chi connectivity index (χ3v) is 5.54. The summed E-state index contributed by atoms with van der Waals surface area (Å²) in [5, 5.41) is 4.94. The van der Waals surface area contributed by atoms with Crippen LogP contribution in [0.2, 0.25) is 0 Å². The lowest BCUT2D eigenvalue weighted by Gasteiger charge is -2.23. The minimum Gasteiger partial charge on any atom is -0.453 e. The van der Waals surface area contributed by atoms with Crippen LogP contribution in [0.3, 0.4) is 0 Å². The van der Waals surface area contributed by atoms with Crippen molar-refractivity contribution < 1.29 is 23.9 Å². The van der Waals surface area contributed by atoms with Gasteiger partial charge in [-0.1, -0.05) is 12.1 Å². The van der Waals surface area contributed by atoms with Crippen LogP contribution in [0.4, 0.5) is 5.69 Å². The largest absolute Gasteiger partial charge is 0.453 e. The van der Waals surface area contributed by atoms with Gasteiger partial charge in [0.1, 0.15) is 0 Å². The molecule has 1 aromatic rings. The van der Waals surface area contributed by atoms with E-state index in [1.54, 1.807) is 0 Å². The molecule has 3 unspecified atom stereocenters. The Kier molecular flexibility index (Phi) is 6.16. The van der Waals surface area contributed by atoms with Gasteiger partial charge in [-0.05, 0) is 31.9 Å². The molecule has 1 fully saturated rings. The summed E-state index contributed by atoms with van der Waals surface area (Å²) in [5.74, 6) is -1.17. The molecule has 140 valence electrons. The third kappa shape index (κ3) is 4.76. The predicted molar refractivity (Wildman–Crippen MR) is 96.9 cm³/mol. The Morgan fingerprint density at radius 3 is 3.00 bits per heavy atom. The summed E-state index contributed by atoms with van der Waals surface area (Å²) in [5.41, 5.74) is 0.744. The molecular weight excluding hydrogens is 356 g/mol. The minimum atomic E-state index is -0.909. The van der Waals surface area contributed by atoms with Crippen molar-refractivity contribution in [3.05, 3.63) is 24.3 Å². The zero-order valence-corrected chi connectivity index (χ0v) is 15.3. The zero-order chi connectivity index (χ0) is 18.5. The molecule has 2 N–H and O–H groups in total. The van der Waals surface area contributed by atoms with Gasteiger partial charge in [0, 0.05) is 18.0 Å². The van der Waals surface area contributed by atoms with E-state index in [1.165, 1.54) is 18.7 Å². The molecule has 0 radical (unpaired) electrons. The van der Waals surface area contributed by atoms with E-state index in [-0.39, 0.29) is 24.3 Å². The maximum atomic E-state index is 12.1. The Labute approximate surface area is 156 Å². The summed E-state index contributed by atoms with van der Waals surface area (Å²) in [7, 11) is 0.